The van der Waals surface area contributed by atoms with Crippen LogP contribution in [0.4, 0.5) is 48.3 Å². The van der Waals surface area contributed by atoms with Crippen LogP contribution in [0, 0.1) is 0 Å². The van der Waals surface area contributed by atoms with Gasteiger partial charge in [-0.3, -0.25) is 4.79 Å². The normalized spacial score (nSPS) is 18.0. The zero-order chi connectivity index (χ0) is 19.8. The molecule has 0 aliphatic carbocycles. The summed E-state index contributed by atoms with van der Waals surface area (Å²) in [5, 5.41) is 0. The van der Waals surface area contributed by atoms with Crippen LogP contribution in [0.1, 0.15) is 13.3 Å². The average molecular weight is 496 g/mol. The summed E-state index contributed by atoms with van der Waals surface area (Å²) in [5.74, 6) is -16.3. The molecule has 0 aliphatic heterocycles. The molecule has 0 amide bonds. The quantitative estimate of drug-likeness (QED) is 0.228. The molecule has 0 spiro atoms. The van der Waals surface area contributed by atoms with Crippen LogP contribution in [0.2, 0.25) is 0 Å². The number of carbonyl (C=O) groups excluding carboxylic acids is 1. The van der Waals surface area contributed by atoms with Crippen molar-refractivity contribution in [3.8, 4) is 0 Å². The standard InChI is InChI=1S/C10H8F11IO2/c1-2-24-5(23)4(22)3-6(11,9(16,17)18)7(12,13)8(14,15)10(19,20)21/h4H,2-3H2,1H3. The van der Waals surface area contributed by atoms with Crippen LogP contribution in [-0.4, -0.2) is 46.4 Å². The third kappa shape index (κ3) is 3.98. The molecule has 0 aromatic heterocycles. The summed E-state index contributed by atoms with van der Waals surface area (Å²) in [6.07, 6.45) is -16.7. The van der Waals surface area contributed by atoms with Crippen LogP contribution < -0.4 is 0 Å². The number of hydrogen-bond acceptors (Lipinski definition) is 2. The summed E-state index contributed by atoms with van der Waals surface area (Å²) in [5.41, 5.74) is -6.34. The third-order valence-electron chi connectivity index (χ3n) is 2.70. The molecule has 0 heterocycles. The minimum atomic E-state index is -7.34. The molecule has 0 fully saturated rings. The molecule has 24 heavy (non-hydrogen) atoms. The predicted octanol–water partition coefficient (Wildman–Crippen LogP) is 4.85. The predicted molar refractivity (Wildman–Crippen MR) is 64.9 cm³/mol. The van der Waals surface area contributed by atoms with E-state index in [4.69, 9.17) is 0 Å². The highest BCUT2D eigenvalue weighted by Crippen LogP contribution is 2.58. The first-order valence-corrected chi connectivity index (χ1v) is 7.00. The van der Waals surface area contributed by atoms with Crippen LogP contribution in [0.5, 0.6) is 0 Å². The molecular weight excluding hydrogens is 488 g/mol. The zero-order valence-corrected chi connectivity index (χ0v) is 13.5. The summed E-state index contributed by atoms with van der Waals surface area (Å²) in [6.45, 7) is 0.666. The van der Waals surface area contributed by atoms with Crippen molar-refractivity contribution in [2.24, 2.45) is 0 Å². The molecule has 2 atom stereocenters. The highest BCUT2D eigenvalue weighted by molar-refractivity contribution is 14.1. The number of hydrogen-bond donors (Lipinski definition) is 0. The first kappa shape index (κ1) is 23.4. The van der Waals surface area contributed by atoms with Gasteiger partial charge >= 0.3 is 30.2 Å². The van der Waals surface area contributed by atoms with Crippen molar-refractivity contribution in [1.29, 1.82) is 0 Å². The van der Waals surface area contributed by atoms with Gasteiger partial charge in [-0.2, -0.15) is 43.9 Å². The lowest BCUT2D eigenvalue weighted by atomic mass is 9.87. The van der Waals surface area contributed by atoms with E-state index in [2.05, 4.69) is 4.74 Å². The number of ether oxygens (including phenoxy) is 1. The van der Waals surface area contributed by atoms with Crippen molar-refractivity contribution in [2.45, 2.75) is 47.1 Å². The highest BCUT2D eigenvalue weighted by atomic mass is 127. The SMILES string of the molecule is CCOC(=O)C(I)CC(F)(C(F)(F)F)C(F)(F)C(F)(F)C(F)(F)F. The molecule has 0 aromatic carbocycles. The molecule has 0 aromatic rings. The van der Waals surface area contributed by atoms with Crippen molar-refractivity contribution in [2.75, 3.05) is 6.61 Å². The first-order valence-electron chi connectivity index (χ1n) is 5.75. The smallest absolute Gasteiger partial charge is 0.460 e. The Hall–Kier alpha value is -0.570. The average Bonchev–Trinajstić information content (AvgIpc) is 2.35. The molecule has 0 radical (unpaired) electrons. The van der Waals surface area contributed by atoms with Gasteiger partial charge in [0.2, 0.25) is 0 Å². The Labute approximate surface area is 140 Å². The molecule has 0 aliphatic rings. The van der Waals surface area contributed by atoms with Crippen molar-refractivity contribution < 1.29 is 57.8 Å². The Morgan fingerprint density at radius 1 is 0.875 bits per heavy atom. The molecule has 0 rings (SSSR count). The van der Waals surface area contributed by atoms with Crippen molar-refractivity contribution >= 4 is 28.6 Å². The summed E-state index contributed by atoms with van der Waals surface area (Å²) in [6, 6.07) is 0. The van der Waals surface area contributed by atoms with Gasteiger partial charge in [-0.1, -0.05) is 22.6 Å². The number of esters is 1. The van der Waals surface area contributed by atoms with Gasteiger partial charge in [-0.05, 0) is 6.92 Å². The second kappa shape index (κ2) is 6.97. The molecule has 0 bridgehead atoms. The fourth-order valence-electron chi connectivity index (χ4n) is 1.41. The van der Waals surface area contributed by atoms with E-state index in [9.17, 15) is 53.1 Å². The zero-order valence-electron chi connectivity index (χ0n) is 11.3. The van der Waals surface area contributed by atoms with Gasteiger partial charge in [0.1, 0.15) is 3.92 Å². The van der Waals surface area contributed by atoms with Crippen LogP contribution in [0.3, 0.4) is 0 Å². The fourth-order valence-corrected chi connectivity index (χ4v) is 2.20. The molecule has 0 N–H and O–H groups in total. The van der Waals surface area contributed by atoms with Gasteiger partial charge in [0.25, 0.3) is 5.67 Å². The van der Waals surface area contributed by atoms with Crippen LogP contribution in [0.15, 0.2) is 0 Å². The maximum Gasteiger partial charge on any atom is 0.460 e. The van der Waals surface area contributed by atoms with E-state index in [0.29, 0.717) is 22.6 Å². The van der Waals surface area contributed by atoms with Gasteiger partial charge in [0.05, 0.1) is 6.61 Å². The van der Waals surface area contributed by atoms with Crippen LogP contribution >= 0.6 is 22.6 Å². The topological polar surface area (TPSA) is 26.3 Å². The fraction of sp³-hybridized carbons (Fsp3) is 0.900. The van der Waals surface area contributed by atoms with Crippen molar-refractivity contribution in [1.82, 2.24) is 0 Å². The first-order chi connectivity index (χ1) is 10.4. The molecule has 0 saturated carbocycles. The van der Waals surface area contributed by atoms with Crippen LogP contribution in [-0.2, 0) is 9.53 Å². The van der Waals surface area contributed by atoms with Crippen LogP contribution in [0.25, 0.3) is 0 Å². The van der Waals surface area contributed by atoms with Gasteiger partial charge in [0, 0.05) is 6.42 Å². The Bertz CT molecular complexity index is 459. The minimum Gasteiger partial charge on any atom is -0.465 e. The second-order valence-electron chi connectivity index (χ2n) is 4.37. The molecular formula is C10H8F11IO2. The Kier molecular flexibility index (Phi) is 6.81. The van der Waals surface area contributed by atoms with E-state index >= 15 is 0 Å². The van der Waals surface area contributed by atoms with E-state index in [-0.39, 0.29) is 0 Å². The maximum atomic E-state index is 13.9. The van der Waals surface area contributed by atoms with Gasteiger partial charge < -0.3 is 4.74 Å². The lowest BCUT2D eigenvalue weighted by Crippen LogP contribution is -2.68. The summed E-state index contributed by atoms with van der Waals surface area (Å²) >= 11 is 0.671. The third-order valence-corrected chi connectivity index (χ3v) is 3.65. The van der Waals surface area contributed by atoms with Gasteiger partial charge in [-0.25, -0.2) is 4.39 Å². The van der Waals surface area contributed by atoms with E-state index in [0.717, 1.165) is 6.92 Å². The molecule has 2 nitrogen and oxygen atoms in total. The highest BCUT2D eigenvalue weighted by Gasteiger charge is 2.86. The summed E-state index contributed by atoms with van der Waals surface area (Å²) < 4.78 is 142. The maximum absolute atomic E-state index is 13.9. The van der Waals surface area contributed by atoms with Crippen molar-refractivity contribution in [3.05, 3.63) is 0 Å². The Balaban J connectivity index is 6.07. The van der Waals surface area contributed by atoms with E-state index in [1.165, 1.54) is 0 Å². The molecule has 2 unspecified atom stereocenters. The van der Waals surface area contributed by atoms with Gasteiger partial charge in [-0.15, -0.1) is 0 Å². The second-order valence-corrected chi connectivity index (χ2v) is 5.87. The minimum absolute atomic E-state index is 0.473. The Morgan fingerprint density at radius 2 is 1.29 bits per heavy atom. The number of carbonyl (C=O) groups is 1. The Morgan fingerprint density at radius 3 is 1.58 bits per heavy atom. The van der Waals surface area contributed by atoms with E-state index in [1.54, 1.807) is 0 Å². The summed E-state index contributed by atoms with van der Waals surface area (Å²) in [7, 11) is 0. The van der Waals surface area contributed by atoms with Crippen molar-refractivity contribution in [3.63, 3.8) is 0 Å². The molecule has 0 saturated heterocycles. The number of halogens is 12. The lowest BCUT2D eigenvalue weighted by molar-refractivity contribution is -0.411. The van der Waals surface area contributed by atoms with Gasteiger partial charge in [0.15, 0.2) is 0 Å². The van der Waals surface area contributed by atoms with E-state index in [1.807, 2.05) is 0 Å². The number of alkyl halides is 12. The largest absolute Gasteiger partial charge is 0.465 e. The summed E-state index contributed by atoms with van der Waals surface area (Å²) in [4.78, 5) is 11.1. The molecule has 14 heteroatoms. The monoisotopic (exact) mass is 496 g/mol. The molecule has 144 valence electrons. The number of rotatable bonds is 6. The van der Waals surface area contributed by atoms with E-state index < -0.39 is 52.8 Å². The lowest BCUT2D eigenvalue weighted by Gasteiger charge is -2.39.